The number of hydrogen-bond donors (Lipinski definition) is 1. The molecule has 106 valence electrons. The Morgan fingerprint density at radius 2 is 2.11 bits per heavy atom. The molecule has 3 nitrogen and oxygen atoms in total. The van der Waals surface area contributed by atoms with Gasteiger partial charge in [-0.05, 0) is 31.2 Å². The maximum absolute atomic E-state index is 11.7. The molecular weight excluding hydrogens is 226 g/mol. The minimum absolute atomic E-state index is 0.105. The van der Waals surface area contributed by atoms with Crippen molar-refractivity contribution in [3.05, 3.63) is 0 Å². The van der Waals surface area contributed by atoms with Crippen LogP contribution in [-0.4, -0.2) is 25.7 Å². The summed E-state index contributed by atoms with van der Waals surface area (Å²) in [6.07, 6.45) is 8.44. The van der Waals surface area contributed by atoms with Gasteiger partial charge in [-0.2, -0.15) is 0 Å². The molecule has 1 aliphatic carbocycles. The van der Waals surface area contributed by atoms with E-state index < -0.39 is 0 Å². The lowest BCUT2D eigenvalue weighted by Gasteiger charge is -2.30. The molecule has 0 saturated heterocycles. The summed E-state index contributed by atoms with van der Waals surface area (Å²) in [4.78, 5) is 11.7. The summed E-state index contributed by atoms with van der Waals surface area (Å²) >= 11 is 0. The van der Waals surface area contributed by atoms with Crippen LogP contribution in [0, 0.1) is 11.8 Å². The van der Waals surface area contributed by atoms with Crippen molar-refractivity contribution in [3.63, 3.8) is 0 Å². The molecule has 0 spiro atoms. The third-order valence-corrected chi connectivity index (χ3v) is 4.25. The fourth-order valence-corrected chi connectivity index (χ4v) is 2.84. The SMILES string of the molecule is CCCCC(NCC1CCCCC1C)C(=O)OC. The highest BCUT2D eigenvalue weighted by Gasteiger charge is 2.24. The van der Waals surface area contributed by atoms with Crippen LogP contribution in [0.25, 0.3) is 0 Å². The average Bonchev–Trinajstić information content (AvgIpc) is 2.40. The molecule has 0 aliphatic heterocycles. The molecule has 3 heteroatoms. The fraction of sp³-hybridized carbons (Fsp3) is 0.933. The molecule has 1 aliphatic rings. The molecular formula is C15H29NO2. The molecule has 3 unspecified atom stereocenters. The van der Waals surface area contributed by atoms with Gasteiger partial charge >= 0.3 is 5.97 Å². The van der Waals surface area contributed by atoms with Crippen LogP contribution in [-0.2, 0) is 9.53 Å². The van der Waals surface area contributed by atoms with Gasteiger partial charge < -0.3 is 10.1 Å². The molecule has 3 atom stereocenters. The zero-order valence-corrected chi connectivity index (χ0v) is 12.2. The molecule has 0 radical (unpaired) electrons. The molecule has 0 aromatic heterocycles. The van der Waals surface area contributed by atoms with Gasteiger partial charge in [-0.3, -0.25) is 4.79 Å². The molecule has 0 bridgehead atoms. The molecule has 0 aromatic carbocycles. The third kappa shape index (κ3) is 4.97. The van der Waals surface area contributed by atoms with E-state index >= 15 is 0 Å². The summed E-state index contributed by atoms with van der Waals surface area (Å²) < 4.78 is 4.87. The summed E-state index contributed by atoms with van der Waals surface area (Å²) in [7, 11) is 1.48. The standard InChI is InChI=1S/C15H29NO2/c1-4-5-10-14(15(17)18-3)16-11-13-9-7-6-8-12(13)2/h12-14,16H,4-11H2,1-3H3. The second-order valence-corrected chi connectivity index (χ2v) is 5.65. The van der Waals surface area contributed by atoms with Gasteiger partial charge in [0.2, 0.25) is 0 Å². The van der Waals surface area contributed by atoms with Gasteiger partial charge in [0.15, 0.2) is 0 Å². The predicted molar refractivity (Wildman–Crippen MR) is 74.5 cm³/mol. The molecule has 0 amide bonds. The van der Waals surface area contributed by atoms with Crippen molar-refractivity contribution in [1.82, 2.24) is 5.32 Å². The van der Waals surface area contributed by atoms with Crippen LogP contribution in [0.4, 0.5) is 0 Å². The van der Waals surface area contributed by atoms with Gasteiger partial charge in [0.1, 0.15) is 6.04 Å². The van der Waals surface area contributed by atoms with Gasteiger partial charge in [-0.25, -0.2) is 0 Å². The fourth-order valence-electron chi connectivity index (χ4n) is 2.84. The number of methoxy groups -OCH3 is 1. The quantitative estimate of drug-likeness (QED) is 0.710. The Morgan fingerprint density at radius 3 is 2.72 bits per heavy atom. The Labute approximate surface area is 112 Å². The van der Waals surface area contributed by atoms with E-state index in [1.54, 1.807) is 0 Å². The zero-order valence-electron chi connectivity index (χ0n) is 12.2. The predicted octanol–water partition coefficient (Wildman–Crippen LogP) is 3.13. The van der Waals surface area contributed by atoms with E-state index in [1.807, 2.05) is 0 Å². The largest absolute Gasteiger partial charge is 0.468 e. The van der Waals surface area contributed by atoms with Crippen molar-refractivity contribution < 1.29 is 9.53 Å². The molecule has 1 saturated carbocycles. The highest BCUT2D eigenvalue weighted by Crippen LogP contribution is 2.29. The van der Waals surface area contributed by atoms with E-state index in [0.29, 0.717) is 0 Å². The van der Waals surface area contributed by atoms with Crippen molar-refractivity contribution >= 4 is 5.97 Å². The number of hydrogen-bond acceptors (Lipinski definition) is 3. The van der Waals surface area contributed by atoms with Crippen molar-refractivity contribution in [1.29, 1.82) is 0 Å². The number of rotatable bonds is 7. The van der Waals surface area contributed by atoms with Gasteiger partial charge in [0.25, 0.3) is 0 Å². The third-order valence-electron chi connectivity index (χ3n) is 4.25. The Bertz CT molecular complexity index is 243. The maximum Gasteiger partial charge on any atom is 0.322 e. The number of unbranched alkanes of at least 4 members (excludes halogenated alkanes) is 1. The number of esters is 1. The summed E-state index contributed by atoms with van der Waals surface area (Å²) in [6, 6.07) is -0.107. The van der Waals surface area contributed by atoms with Crippen LogP contribution < -0.4 is 5.32 Å². The Kier molecular flexibility index (Phi) is 7.33. The number of nitrogens with one attached hydrogen (secondary N) is 1. The Hall–Kier alpha value is -0.570. The highest BCUT2D eigenvalue weighted by atomic mass is 16.5. The second-order valence-electron chi connectivity index (χ2n) is 5.65. The summed E-state index contributed by atoms with van der Waals surface area (Å²) in [5, 5.41) is 3.43. The lowest BCUT2D eigenvalue weighted by atomic mass is 9.80. The lowest BCUT2D eigenvalue weighted by molar-refractivity contribution is -0.143. The molecule has 1 N–H and O–H groups in total. The van der Waals surface area contributed by atoms with Crippen LogP contribution >= 0.6 is 0 Å². The molecule has 18 heavy (non-hydrogen) atoms. The topological polar surface area (TPSA) is 38.3 Å². The first kappa shape index (κ1) is 15.5. The van der Waals surface area contributed by atoms with Crippen molar-refractivity contribution in [3.8, 4) is 0 Å². The monoisotopic (exact) mass is 255 g/mol. The number of carbonyl (C=O) groups excluding carboxylic acids is 1. The van der Waals surface area contributed by atoms with Gasteiger partial charge in [-0.15, -0.1) is 0 Å². The van der Waals surface area contributed by atoms with E-state index in [0.717, 1.165) is 37.6 Å². The molecule has 1 fully saturated rings. The van der Waals surface area contributed by atoms with Crippen LogP contribution in [0.1, 0.15) is 58.8 Å². The van der Waals surface area contributed by atoms with Crippen LogP contribution in [0.3, 0.4) is 0 Å². The Balaban J connectivity index is 2.37. The van der Waals surface area contributed by atoms with Crippen molar-refractivity contribution in [2.45, 2.75) is 64.8 Å². The lowest BCUT2D eigenvalue weighted by Crippen LogP contribution is -2.41. The minimum Gasteiger partial charge on any atom is -0.468 e. The number of ether oxygens (including phenoxy) is 1. The van der Waals surface area contributed by atoms with E-state index in [-0.39, 0.29) is 12.0 Å². The normalized spacial score (nSPS) is 25.7. The van der Waals surface area contributed by atoms with Gasteiger partial charge in [0.05, 0.1) is 7.11 Å². The van der Waals surface area contributed by atoms with Crippen LogP contribution in [0.2, 0.25) is 0 Å². The van der Waals surface area contributed by atoms with Gasteiger partial charge in [0, 0.05) is 0 Å². The second kappa shape index (κ2) is 8.52. The summed E-state index contributed by atoms with van der Waals surface area (Å²) in [6.45, 7) is 5.45. The highest BCUT2D eigenvalue weighted by molar-refractivity contribution is 5.75. The van der Waals surface area contributed by atoms with Crippen molar-refractivity contribution in [2.75, 3.05) is 13.7 Å². The van der Waals surface area contributed by atoms with Crippen molar-refractivity contribution in [2.24, 2.45) is 11.8 Å². The zero-order chi connectivity index (χ0) is 13.4. The van der Waals surface area contributed by atoms with Crippen LogP contribution in [0.5, 0.6) is 0 Å². The maximum atomic E-state index is 11.7. The molecule has 1 rings (SSSR count). The average molecular weight is 255 g/mol. The van der Waals surface area contributed by atoms with E-state index in [1.165, 1.54) is 32.8 Å². The van der Waals surface area contributed by atoms with Gasteiger partial charge in [-0.1, -0.05) is 46.0 Å². The van der Waals surface area contributed by atoms with E-state index in [4.69, 9.17) is 4.74 Å². The van der Waals surface area contributed by atoms with E-state index in [9.17, 15) is 4.79 Å². The molecule has 0 aromatic rings. The van der Waals surface area contributed by atoms with E-state index in [2.05, 4.69) is 19.2 Å². The summed E-state index contributed by atoms with van der Waals surface area (Å²) in [5.74, 6) is 1.41. The number of carbonyl (C=O) groups is 1. The minimum atomic E-state index is -0.107. The smallest absolute Gasteiger partial charge is 0.322 e. The van der Waals surface area contributed by atoms with Crippen LogP contribution in [0.15, 0.2) is 0 Å². The molecule has 0 heterocycles. The summed E-state index contributed by atoms with van der Waals surface area (Å²) in [5.41, 5.74) is 0. The first-order valence-electron chi connectivity index (χ1n) is 7.50. The first-order chi connectivity index (χ1) is 8.69. The first-order valence-corrected chi connectivity index (χ1v) is 7.50. The Morgan fingerprint density at radius 1 is 1.39 bits per heavy atom.